The molecule has 5 heteroatoms. The van der Waals surface area contributed by atoms with Gasteiger partial charge in [0.1, 0.15) is 5.75 Å². The number of aliphatic hydroxyl groups is 1. The second kappa shape index (κ2) is 6.85. The topological polar surface area (TPSA) is 71.5 Å². The lowest BCUT2D eigenvalue weighted by molar-refractivity contribution is 0.102. The van der Waals surface area contributed by atoms with Gasteiger partial charge in [0.15, 0.2) is 0 Å². The molecule has 0 atom stereocenters. The largest absolute Gasteiger partial charge is 0.494 e. The summed E-state index contributed by atoms with van der Waals surface area (Å²) in [6.07, 6.45) is 3.21. The Hall–Kier alpha value is -2.40. The van der Waals surface area contributed by atoms with Gasteiger partial charge >= 0.3 is 0 Å². The third kappa shape index (κ3) is 3.79. The molecule has 1 heterocycles. The molecule has 0 saturated heterocycles. The first-order chi connectivity index (χ1) is 10.1. The van der Waals surface area contributed by atoms with Gasteiger partial charge in [0, 0.05) is 23.6 Å². The van der Waals surface area contributed by atoms with Gasteiger partial charge in [0.25, 0.3) is 5.91 Å². The van der Waals surface area contributed by atoms with E-state index < -0.39 is 0 Å². The summed E-state index contributed by atoms with van der Waals surface area (Å²) in [4.78, 5) is 16.1. The molecule has 1 aromatic heterocycles. The van der Waals surface area contributed by atoms with Crippen molar-refractivity contribution in [1.82, 2.24) is 4.98 Å². The lowest BCUT2D eigenvalue weighted by Gasteiger charge is -2.11. The molecular formula is C16H18N2O3. The van der Waals surface area contributed by atoms with Crippen LogP contribution in [0.1, 0.15) is 28.4 Å². The molecule has 0 unspecified atom stereocenters. The normalized spacial score (nSPS) is 10.2. The molecule has 0 spiro atoms. The van der Waals surface area contributed by atoms with E-state index in [9.17, 15) is 9.90 Å². The minimum atomic E-state index is -0.237. The number of aryl methyl sites for hydroxylation is 1. The van der Waals surface area contributed by atoms with Crippen LogP contribution in [-0.4, -0.2) is 22.6 Å². The van der Waals surface area contributed by atoms with Gasteiger partial charge in [-0.1, -0.05) is 0 Å². The van der Waals surface area contributed by atoms with E-state index in [4.69, 9.17) is 4.74 Å². The Labute approximate surface area is 123 Å². The molecule has 2 aromatic rings. The number of carbonyl (C=O) groups excluding carboxylic acids is 1. The SMILES string of the molecule is CCOc1ccc(NC(=O)c2cncc(C)c2)cc1CO. The quantitative estimate of drug-likeness (QED) is 0.886. The highest BCUT2D eigenvalue weighted by atomic mass is 16.5. The molecule has 0 aliphatic rings. The number of pyridine rings is 1. The predicted molar refractivity (Wildman–Crippen MR) is 80.5 cm³/mol. The minimum Gasteiger partial charge on any atom is -0.494 e. The Morgan fingerprint density at radius 2 is 2.14 bits per heavy atom. The molecule has 21 heavy (non-hydrogen) atoms. The maximum atomic E-state index is 12.1. The van der Waals surface area contributed by atoms with E-state index in [-0.39, 0.29) is 12.5 Å². The van der Waals surface area contributed by atoms with E-state index in [1.807, 2.05) is 13.8 Å². The molecule has 2 N–H and O–H groups in total. The van der Waals surface area contributed by atoms with Gasteiger partial charge in [-0.25, -0.2) is 0 Å². The predicted octanol–water partition coefficient (Wildman–Crippen LogP) is 2.53. The number of anilines is 1. The van der Waals surface area contributed by atoms with E-state index in [0.29, 0.717) is 29.2 Å². The van der Waals surface area contributed by atoms with Crippen LogP contribution in [-0.2, 0) is 6.61 Å². The summed E-state index contributed by atoms with van der Waals surface area (Å²) in [5, 5.41) is 12.1. The first kappa shape index (κ1) is 15.0. The first-order valence-corrected chi connectivity index (χ1v) is 6.73. The Morgan fingerprint density at radius 1 is 1.33 bits per heavy atom. The van der Waals surface area contributed by atoms with Crippen LogP contribution in [0.2, 0.25) is 0 Å². The Balaban J connectivity index is 2.17. The Morgan fingerprint density at radius 3 is 2.81 bits per heavy atom. The van der Waals surface area contributed by atoms with Crippen LogP contribution in [0.5, 0.6) is 5.75 Å². The van der Waals surface area contributed by atoms with Crippen molar-refractivity contribution in [2.24, 2.45) is 0 Å². The maximum Gasteiger partial charge on any atom is 0.257 e. The molecule has 0 bridgehead atoms. The summed E-state index contributed by atoms with van der Waals surface area (Å²) in [6.45, 7) is 4.13. The summed E-state index contributed by atoms with van der Waals surface area (Å²) in [5.74, 6) is 0.384. The fourth-order valence-corrected chi connectivity index (χ4v) is 1.96. The van der Waals surface area contributed by atoms with Crippen molar-refractivity contribution in [3.63, 3.8) is 0 Å². The smallest absolute Gasteiger partial charge is 0.257 e. The number of nitrogens with one attached hydrogen (secondary N) is 1. The van der Waals surface area contributed by atoms with Crippen molar-refractivity contribution in [3.05, 3.63) is 53.3 Å². The molecule has 0 saturated carbocycles. The van der Waals surface area contributed by atoms with E-state index in [1.54, 1.807) is 30.5 Å². The highest BCUT2D eigenvalue weighted by Gasteiger charge is 2.09. The zero-order valence-corrected chi connectivity index (χ0v) is 12.1. The van der Waals surface area contributed by atoms with Gasteiger partial charge in [-0.2, -0.15) is 0 Å². The summed E-state index contributed by atoms with van der Waals surface area (Å²) in [7, 11) is 0. The molecule has 2 rings (SSSR count). The third-order valence-electron chi connectivity index (χ3n) is 2.93. The van der Waals surface area contributed by atoms with Gasteiger partial charge in [0.05, 0.1) is 18.8 Å². The average molecular weight is 286 g/mol. The van der Waals surface area contributed by atoms with Crippen molar-refractivity contribution < 1.29 is 14.6 Å². The standard InChI is InChI=1S/C16H18N2O3/c1-3-21-15-5-4-14(7-13(15)10-19)18-16(20)12-6-11(2)8-17-9-12/h4-9,19H,3,10H2,1-2H3,(H,18,20). The first-order valence-electron chi connectivity index (χ1n) is 6.73. The summed E-state index contributed by atoms with van der Waals surface area (Å²) < 4.78 is 5.41. The summed E-state index contributed by atoms with van der Waals surface area (Å²) in [6, 6.07) is 6.94. The monoisotopic (exact) mass is 286 g/mol. The number of aromatic nitrogens is 1. The highest BCUT2D eigenvalue weighted by molar-refractivity contribution is 6.04. The second-order valence-corrected chi connectivity index (χ2v) is 4.62. The average Bonchev–Trinajstić information content (AvgIpc) is 2.49. The molecule has 0 radical (unpaired) electrons. The second-order valence-electron chi connectivity index (χ2n) is 4.62. The van der Waals surface area contributed by atoms with Crippen molar-refractivity contribution in [3.8, 4) is 5.75 Å². The number of hydrogen-bond donors (Lipinski definition) is 2. The zero-order chi connectivity index (χ0) is 15.2. The number of carbonyl (C=O) groups is 1. The van der Waals surface area contributed by atoms with E-state index in [2.05, 4.69) is 10.3 Å². The number of aliphatic hydroxyl groups excluding tert-OH is 1. The van der Waals surface area contributed by atoms with Crippen LogP contribution in [0.3, 0.4) is 0 Å². The van der Waals surface area contributed by atoms with Crippen LogP contribution in [0.25, 0.3) is 0 Å². The molecule has 1 aromatic carbocycles. The summed E-state index contributed by atoms with van der Waals surface area (Å²) >= 11 is 0. The number of rotatable bonds is 5. The van der Waals surface area contributed by atoms with Crippen molar-refractivity contribution in [2.75, 3.05) is 11.9 Å². The highest BCUT2D eigenvalue weighted by Crippen LogP contribution is 2.23. The van der Waals surface area contributed by atoms with E-state index in [0.717, 1.165) is 5.56 Å². The fraction of sp³-hybridized carbons (Fsp3) is 0.250. The van der Waals surface area contributed by atoms with E-state index >= 15 is 0 Å². The maximum absolute atomic E-state index is 12.1. The van der Waals surface area contributed by atoms with Gasteiger partial charge in [-0.15, -0.1) is 0 Å². The van der Waals surface area contributed by atoms with Crippen LogP contribution in [0, 0.1) is 6.92 Å². The van der Waals surface area contributed by atoms with Crippen molar-refractivity contribution >= 4 is 11.6 Å². The van der Waals surface area contributed by atoms with Crippen molar-refractivity contribution in [2.45, 2.75) is 20.5 Å². The number of hydrogen-bond acceptors (Lipinski definition) is 4. The number of amides is 1. The number of benzene rings is 1. The lowest BCUT2D eigenvalue weighted by atomic mass is 10.1. The Kier molecular flexibility index (Phi) is 4.90. The summed E-state index contributed by atoms with van der Waals surface area (Å²) in [5.41, 5.74) is 2.66. The van der Waals surface area contributed by atoms with Gasteiger partial charge in [-0.3, -0.25) is 9.78 Å². The molecule has 5 nitrogen and oxygen atoms in total. The molecule has 0 aliphatic carbocycles. The zero-order valence-electron chi connectivity index (χ0n) is 12.1. The van der Waals surface area contributed by atoms with Gasteiger partial charge < -0.3 is 15.2 Å². The number of nitrogens with zero attached hydrogens (tertiary/aromatic N) is 1. The third-order valence-corrected chi connectivity index (χ3v) is 2.93. The van der Waals surface area contributed by atoms with Crippen LogP contribution < -0.4 is 10.1 Å². The fourth-order valence-electron chi connectivity index (χ4n) is 1.96. The molecule has 1 amide bonds. The van der Waals surface area contributed by atoms with Crippen LogP contribution >= 0.6 is 0 Å². The number of ether oxygens (including phenoxy) is 1. The minimum absolute atomic E-state index is 0.148. The van der Waals surface area contributed by atoms with Crippen LogP contribution in [0.15, 0.2) is 36.7 Å². The van der Waals surface area contributed by atoms with Crippen molar-refractivity contribution in [1.29, 1.82) is 0 Å². The lowest BCUT2D eigenvalue weighted by Crippen LogP contribution is -2.12. The molecular weight excluding hydrogens is 268 g/mol. The van der Waals surface area contributed by atoms with Gasteiger partial charge in [-0.05, 0) is 43.7 Å². The van der Waals surface area contributed by atoms with E-state index in [1.165, 1.54) is 6.20 Å². The molecule has 110 valence electrons. The Bertz CT molecular complexity index is 641. The van der Waals surface area contributed by atoms with Gasteiger partial charge in [0.2, 0.25) is 0 Å². The molecule has 0 aliphatic heterocycles. The van der Waals surface area contributed by atoms with Crippen LogP contribution in [0.4, 0.5) is 5.69 Å². The molecule has 0 fully saturated rings.